The number of halogens is 2. The van der Waals surface area contributed by atoms with Crippen molar-refractivity contribution in [1.82, 2.24) is 15.1 Å². The molecule has 1 aliphatic rings. The number of hydrogen-bond donors (Lipinski definition) is 1. The molecular formula is C22H21Cl2N3O3. The van der Waals surface area contributed by atoms with Gasteiger partial charge in [0.1, 0.15) is 11.4 Å². The normalized spacial score (nSPS) is 15.6. The first kappa shape index (κ1) is 20.6. The van der Waals surface area contributed by atoms with Crippen LogP contribution in [-0.2, 0) is 4.74 Å². The van der Waals surface area contributed by atoms with Gasteiger partial charge in [0.05, 0.1) is 30.0 Å². The molecule has 1 amide bonds. The summed E-state index contributed by atoms with van der Waals surface area (Å²) in [7, 11) is 0. The van der Waals surface area contributed by atoms with Crippen molar-refractivity contribution in [3.63, 3.8) is 0 Å². The number of benzene rings is 2. The van der Waals surface area contributed by atoms with E-state index in [0.717, 1.165) is 23.4 Å². The Kier molecular flexibility index (Phi) is 6.16. The first-order chi connectivity index (χ1) is 14.6. The molecule has 2 heterocycles. The van der Waals surface area contributed by atoms with Gasteiger partial charge >= 0.3 is 6.09 Å². The maximum absolute atomic E-state index is 12.1. The van der Waals surface area contributed by atoms with Crippen molar-refractivity contribution in [1.29, 1.82) is 0 Å². The van der Waals surface area contributed by atoms with E-state index < -0.39 is 6.09 Å². The number of amides is 1. The number of nitrogens with one attached hydrogen (secondary N) is 1. The number of para-hydroxylation sites is 1. The SMILES string of the molecule is CCOC(=O)NC1CCCOc2c1nn(-c1ccccc1Cl)c2-c1ccc(Cl)cc1. The van der Waals surface area contributed by atoms with Crippen molar-refractivity contribution in [3.8, 4) is 22.7 Å². The van der Waals surface area contributed by atoms with Gasteiger partial charge in [-0.2, -0.15) is 5.10 Å². The number of fused-ring (bicyclic) bond motifs is 1. The zero-order chi connectivity index (χ0) is 21.1. The van der Waals surface area contributed by atoms with Crippen LogP contribution in [0.1, 0.15) is 31.5 Å². The van der Waals surface area contributed by atoms with Crippen LogP contribution in [0.2, 0.25) is 10.0 Å². The van der Waals surface area contributed by atoms with Crippen LogP contribution in [-0.4, -0.2) is 29.1 Å². The highest BCUT2D eigenvalue weighted by Gasteiger charge is 2.31. The second-order valence-electron chi connectivity index (χ2n) is 6.84. The van der Waals surface area contributed by atoms with E-state index in [1.807, 2.05) is 48.5 Å². The van der Waals surface area contributed by atoms with E-state index in [1.54, 1.807) is 11.6 Å². The summed E-state index contributed by atoms with van der Waals surface area (Å²) < 4.78 is 13.0. The molecule has 1 aliphatic heterocycles. The summed E-state index contributed by atoms with van der Waals surface area (Å²) >= 11 is 12.6. The molecule has 156 valence electrons. The molecule has 0 saturated carbocycles. The summed E-state index contributed by atoms with van der Waals surface area (Å²) in [6.45, 7) is 2.58. The molecule has 0 spiro atoms. The fourth-order valence-corrected chi connectivity index (χ4v) is 3.85. The van der Waals surface area contributed by atoms with Gasteiger partial charge in [-0.25, -0.2) is 9.48 Å². The first-order valence-corrected chi connectivity index (χ1v) is 10.5. The lowest BCUT2D eigenvalue weighted by atomic mass is 10.1. The van der Waals surface area contributed by atoms with Crippen molar-refractivity contribution in [2.75, 3.05) is 13.2 Å². The van der Waals surface area contributed by atoms with E-state index in [-0.39, 0.29) is 6.04 Å². The zero-order valence-corrected chi connectivity index (χ0v) is 17.9. The largest absolute Gasteiger partial charge is 0.489 e. The van der Waals surface area contributed by atoms with Gasteiger partial charge in [0.2, 0.25) is 0 Å². The predicted molar refractivity (Wildman–Crippen MR) is 117 cm³/mol. The Morgan fingerprint density at radius 1 is 1.23 bits per heavy atom. The highest BCUT2D eigenvalue weighted by Crippen LogP contribution is 2.42. The minimum absolute atomic E-state index is 0.298. The maximum Gasteiger partial charge on any atom is 0.407 e. The lowest BCUT2D eigenvalue weighted by Gasteiger charge is -2.14. The minimum Gasteiger partial charge on any atom is -0.489 e. The van der Waals surface area contributed by atoms with E-state index in [4.69, 9.17) is 37.8 Å². The summed E-state index contributed by atoms with van der Waals surface area (Å²) in [6, 6.07) is 14.6. The van der Waals surface area contributed by atoms with Crippen molar-refractivity contribution in [2.24, 2.45) is 0 Å². The molecule has 1 atom stereocenters. The maximum atomic E-state index is 12.1. The van der Waals surface area contributed by atoms with E-state index in [2.05, 4.69) is 5.32 Å². The molecule has 4 rings (SSSR count). The fraction of sp³-hybridized carbons (Fsp3) is 0.273. The van der Waals surface area contributed by atoms with Crippen molar-refractivity contribution in [2.45, 2.75) is 25.8 Å². The fourth-order valence-electron chi connectivity index (χ4n) is 3.50. The van der Waals surface area contributed by atoms with Gasteiger partial charge in [0, 0.05) is 10.6 Å². The Morgan fingerprint density at radius 3 is 2.73 bits per heavy atom. The molecular weight excluding hydrogens is 425 g/mol. The summed E-state index contributed by atoms with van der Waals surface area (Å²) in [4.78, 5) is 12.1. The molecule has 0 aliphatic carbocycles. The Morgan fingerprint density at radius 2 is 2.00 bits per heavy atom. The number of alkyl carbamates (subject to hydrolysis) is 1. The number of carbonyl (C=O) groups excluding carboxylic acids is 1. The monoisotopic (exact) mass is 445 g/mol. The van der Waals surface area contributed by atoms with Gasteiger partial charge in [-0.15, -0.1) is 0 Å². The van der Waals surface area contributed by atoms with E-state index in [1.165, 1.54) is 0 Å². The Hall–Kier alpha value is -2.70. The summed E-state index contributed by atoms with van der Waals surface area (Å²) in [5.41, 5.74) is 3.00. The van der Waals surface area contributed by atoms with E-state index in [0.29, 0.717) is 41.1 Å². The molecule has 3 aromatic rings. The Balaban J connectivity index is 1.89. The number of rotatable bonds is 4. The molecule has 1 unspecified atom stereocenters. The standard InChI is InChI=1S/C22H21Cl2N3O3/c1-2-29-22(28)25-17-7-5-13-30-21-19(17)26-27(18-8-4-3-6-16(18)24)20(21)14-9-11-15(23)12-10-14/h3-4,6,8-12,17H,2,5,7,13H2,1H3,(H,25,28). The van der Waals surface area contributed by atoms with Crippen molar-refractivity contribution < 1.29 is 14.3 Å². The Labute approximate surface area is 184 Å². The summed E-state index contributed by atoms with van der Waals surface area (Å²) in [5.74, 6) is 0.622. The van der Waals surface area contributed by atoms with Gasteiger partial charge < -0.3 is 14.8 Å². The van der Waals surface area contributed by atoms with Crippen LogP contribution in [0.5, 0.6) is 5.75 Å². The van der Waals surface area contributed by atoms with Gasteiger partial charge in [0.25, 0.3) is 0 Å². The van der Waals surface area contributed by atoms with Crippen LogP contribution in [0.25, 0.3) is 16.9 Å². The number of aromatic nitrogens is 2. The molecule has 2 aromatic carbocycles. The predicted octanol–water partition coefficient (Wildman–Crippen LogP) is 5.81. The molecule has 8 heteroatoms. The molecule has 6 nitrogen and oxygen atoms in total. The Bertz CT molecular complexity index is 1050. The second kappa shape index (κ2) is 8.98. The first-order valence-electron chi connectivity index (χ1n) is 9.78. The molecule has 0 radical (unpaired) electrons. The van der Waals surface area contributed by atoms with Gasteiger partial charge in [0.15, 0.2) is 5.75 Å². The molecule has 0 bridgehead atoms. The third-order valence-corrected chi connectivity index (χ3v) is 5.42. The van der Waals surface area contributed by atoms with Crippen LogP contribution >= 0.6 is 23.2 Å². The number of ether oxygens (including phenoxy) is 2. The molecule has 0 fully saturated rings. The van der Waals surface area contributed by atoms with Crippen molar-refractivity contribution >= 4 is 29.3 Å². The number of hydrogen-bond acceptors (Lipinski definition) is 4. The highest BCUT2D eigenvalue weighted by molar-refractivity contribution is 6.32. The van der Waals surface area contributed by atoms with Crippen LogP contribution in [0, 0.1) is 0 Å². The third-order valence-electron chi connectivity index (χ3n) is 4.85. The average molecular weight is 446 g/mol. The molecule has 30 heavy (non-hydrogen) atoms. The summed E-state index contributed by atoms with van der Waals surface area (Å²) in [5, 5.41) is 8.94. The topological polar surface area (TPSA) is 65.4 Å². The zero-order valence-electron chi connectivity index (χ0n) is 16.4. The number of carbonyl (C=O) groups is 1. The van der Waals surface area contributed by atoms with Gasteiger partial charge in [-0.1, -0.05) is 47.5 Å². The third kappa shape index (κ3) is 4.11. The van der Waals surface area contributed by atoms with Crippen LogP contribution in [0.4, 0.5) is 4.79 Å². The van der Waals surface area contributed by atoms with Crippen LogP contribution < -0.4 is 10.1 Å². The van der Waals surface area contributed by atoms with Gasteiger partial charge in [-0.3, -0.25) is 0 Å². The minimum atomic E-state index is -0.476. The van der Waals surface area contributed by atoms with Gasteiger partial charge in [-0.05, 0) is 44.0 Å². The average Bonchev–Trinajstić information content (AvgIpc) is 3.00. The lowest BCUT2D eigenvalue weighted by molar-refractivity contribution is 0.147. The quantitative estimate of drug-likeness (QED) is 0.550. The van der Waals surface area contributed by atoms with Crippen molar-refractivity contribution in [3.05, 3.63) is 64.3 Å². The molecule has 1 N–H and O–H groups in total. The van der Waals surface area contributed by atoms with E-state index in [9.17, 15) is 4.79 Å². The van der Waals surface area contributed by atoms with Crippen LogP contribution in [0.15, 0.2) is 48.5 Å². The van der Waals surface area contributed by atoms with Crippen LogP contribution in [0.3, 0.4) is 0 Å². The van der Waals surface area contributed by atoms with E-state index >= 15 is 0 Å². The summed E-state index contributed by atoms with van der Waals surface area (Å²) in [6.07, 6.45) is 0.987. The highest BCUT2D eigenvalue weighted by atomic mass is 35.5. The molecule has 0 saturated heterocycles. The second-order valence-corrected chi connectivity index (χ2v) is 7.68. The lowest BCUT2D eigenvalue weighted by Crippen LogP contribution is -2.29. The number of nitrogens with zero attached hydrogens (tertiary/aromatic N) is 2. The molecule has 1 aromatic heterocycles. The smallest absolute Gasteiger partial charge is 0.407 e.